The summed E-state index contributed by atoms with van der Waals surface area (Å²) < 4.78 is 26.5. The number of carbonyl (C=O) groups excluding carboxylic acids is 2. The maximum absolute atomic E-state index is 13.8. The van der Waals surface area contributed by atoms with E-state index in [0.29, 0.717) is 48.9 Å². The van der Waals surface area contributed by atoms with Crippen LogP contribution in [0.5, 0.6) is 11.5 Å². The number of nitrogens with zero attached hydrogens (tertiary/aromatic N) is 3. The number of rotatable bonds is 6. The molecule has 8 nitrogen and oxygen atoms in total. The summed E-state index contributed by atoms with van der Waals surface area (Å²) in [7, 11) is 3.18. The average Bonchev–Trinajstić information content (AvgIpc) is 3.35. The van der Waals surface area contributed by atoms with Gasteiger partial charge in [-0.15, -0.1) is 0 Å². The molecule has 1 saturated heterocycles. The third-order valence-corrected chi connectivity index (χ3v) is 7.49. The van der Waals surface area contributed by atoms with Crippen LogP contribution in [0.3, 0.4) is 0 Å². The molecule has 1 N–H and O–H groups in total. The first-order valence-electron chi connectivity index (χ1n) is 13.1. The number of hydrogen-bond donors (Lipinski definition) is 1. The molecule has 0 saturated carbocycles. The quantitative estimate of drug-likeness (QED) is 0.294. The molecule has 0 atom stereocenters. The van der Waals surface area contributed by atoms with E-state index in [1.807, 2.05) is 66.1 Å². The third-order valence-electron chi connectivity index (χ3n) is 7.20. The first kappa shape index (κ1) is 28.0. The lowest BCUT2D eigenvalue weighted by atomic mass is 10.1. The van der Waals surface area contributed by atoms with Gasteiger partial charge >= 0.3 is 6.03 Å². The minimum Gasteiger partial charge on any atom is -0.493 e. The van der Waals surface area contributed by atoms with Gasteiger partial charge in [-0.2, -0.15) is 0 Å². The van der Waals surface area contributed by atoms with E-state index in [2.05, 4.69) is 5.32 Å². The second kappa shape index (κ2) is 11.9. The number of amides is 3. The van der Waals surface area contributed by atoms with Crippen molar-refractivity contribution in [3.63, 3.8) is 0 Å². The topological polar surface area (TPSA) is 76.0 Å². The molecule has 1 aliphatic heterocycles. The van der Waals surface area contributed by atoms with E-state index >= 15 is 0 Å². The number of urea groups is 1. The Labute approximate surface area is 242 Å². The van der Waals surface area contributed by atoms with E-state index < -0.39 is 5.82 Å². The highest BCUT2D eigenvalue weighted by atomic mass is 35.5. The van der Waals surface area contributed by atoms with Crippen LogP contribution < -0.4 is 14.8 Å². The smallest absolute Gasteiger partial charge is 0.321 e. The largest absolute Gasteiger partial charge is 0.493 e. The zero-order chi connectivity index (χ0) is 29.1. The normalized spacial score (nSPS) is 13.2. The summed E-state index contributed by atoms with van der Waals surface area (Å²) in [5.74, 6) is 0.539. The van der Waals surface area contributed by atoms with E-state index in [1.54, 1.807) is 24.0 Å². The number of piperazine rings is 1. The zero-order valence-electron chi connectivity index (χ0n) is 23.0. The van der Waals surface area contributed by atoms with Gasteiger partial charge in [-0.1, -0.05) is 41.9 Å². The van der Waals surface area contributed by atoms with Crippen LogP contribution in [-0.2, 0) is 0 Å². The second-order valence-corrected chi connectivity index (χ2v) is 10.0. The lowest BCUT2D eigenvalue weighted by Crippen LogP contribution is -2.51. The Balaban J connectivity index is 1.38. The third kappa shape index (κ3) is 5.71. The summed E-state index contributed by atoms with van der Waals surface area (Å²) in [4.78, 5) is 30.0. The summed E-state index contributed by atoms with van der Waals surface area (Å²) >= 11 is 5.83. The van der Waals surface area contributed by atoms with Gasteiger partial charge in [0.1, 0.15) is 5.82 Å². The number of aromatic nitrogens is 1. The minimum absolute atomic E-state index is 0.0662. The molecular weight excluding hydrogens is 547 g/mol. The van der Waals surface area contributed by atoms with E-state index in [4.69, 9.17) is 21.1 Å². The molecule has 4 aromatic rings. The molecule has 1 aromatic heterocycles. The van der Waals surface area contributed by atoms with Gasteiger partial charge in [-0.3, -0.25) is 4.79 Å². The van der Waals surface area contributed by atoms with Crippen LogP contribution in [0.1, 0.15) is 16.1 Å². The monoisotopic (exact) mass is 576 g/mol. The van der Waals surface area contributed by atoms with Crippen LogP contribution in [0, 0.1) is 12.7 Å². The van der Waals surface area contributed by atoms with Crippen molar-refractivity contribution in [2.24, 2.45) is 0 Å². The highest BCUT2D eigenvalue weighted by molar-refractivity contribution is 6.31. The van der Waals surface area contributed by atoms with Crippen molar-refractivity contribution >= 4 is 29.2 Å². The van der Waals surface area contributed by atoms with Crippen molar-refractivity contribution in [3.8, 4) is 28.4 Å². The molecule has 1 fully saturated rings. The van der Waals surface area contributed by atoms with Gasteiger partial charge in [0.2, 0.25) is 0 Å². The Morgan fingerprint density at radius 3 is 2.20 bits per heavy atom. The molecule has 0 bridgehead atoms. The second-order valence-electron chi connectivity index (χ2n) is 9.61. The van der Waals surface area contributed by atoms with Crippen molar-refractivity contribution in [2.45, 2.75) is 6.92 Å². The Bertz CT molecular complexity index is 1580. The first-order valence-corrected chi connectivity index (χ1v) is 13.5. The molecule has 10 heteroatoms. The zero-order valence-corrected chi connectivity index (χ0v) is 23.7. The Morgan fingerprint density at radius 1 is 0.854 bits per heavy atom. The number of anilines is 1. The maximum atomic E-state index is 13.8. The van der Waals surface area contributed by atoms with Crippen molar-refractivity contribution in [2.75, 3.05) is 45.7 Å². The summed E-state index contributed by atoms with van der Waals surface area (Å²) in [5, 5.41) is 2.67. The number of carbonyl (C=O) groups is 2. The standard InChI is InChI=1S/C31H30ClFN4O4/c1-20-24(30(38)35-13-15-36(16-14-35)31(39)34-22-9-11-26(33)25(32)17-22)19-27(21-7-5-4-6-8-21)37(20)23-10-12-28(40-2)29(18-23)41-3/h4-12,17-19H,13-16H2,1-3H3,(H,34,39). The number of methoxy groups -OCH3 is 2. The molecule has 41 heavy (non-hydrogen) atoms. The van der Waals surface area contributed by atoms with Gasteiger partial charge in [0.15, 0.2) is 11.5 Å². The molecule has 2 heterocycles. The van der Waals surface area contributed by atoms with Crippen LogP contribution in [0.2, 0.25) is 5.02 Å². The summed E-state index contributed by atoms with van der Waals surface area (Å²) in [6, 6.07) is 21.2. The highest BCUT2D eigenvalue weighted by Crippen LogP contribution is 2.35. The number of ether oxygens (including phenoxy) is 2. The van der Waals surface area contributed by atoms with Crippen molar-refractivity contribution in [1.82, 2.24) is 14.4 Å². The van der Waals surface area contributed by atoms with E-state index in [-0.39, 0.29) is 17.0 Å². The van der Waals surface area contributed by atoms with Crippen molar-refractivity contribution < 1.29 is 23.5 Å². The Morgan fingerprint density at radius 2 is 1.54 bits per heavy atom. The van der Waals surface area contributed by atoms with Crippen LogP contribution in [0.15, 0.2) is 72.8 Å². The van der Waals surface area contributed by atoms with Crippen LogP contribution in [0.4, 0.5) is 14.9 Å². The molecule has 5 rings (SSSR count). The Hall–Kier alpha value is -4.50. The molecule has 0 unspecified atom stereocenters. The number of benzene rings is 3. The van der Waals surface area contributed by atoms with Crippen LogP contribution in [0.25, 0.3) is 16.9 Å². The molecule has 0 spiro atoms. The fraction of sp³-hybridized carbons (Fsp3) is 0.226. The molecule has 0 aliphatic carbocycles. The van der Waals surface area contributed by atoms with E-state index in [1.165, 1.54) is 18.2 Å². The maximum Gasteiger partial charge on any atom is 0.321 e. The van der Waals surface area contributed by atoms with Crippen LogP contribution in [-0.4, -0.2) is 66.7 Å². The van der Waals surface area contributed by atoms with Crippen molar-refractivity contribution in [3.05, 3.63) is 94.9 Å². The predicted molar refractivity (Wildman–Crippen MR) is 157 cm³/mol. The molecule has 0 radical (unpaired) electrons. The molecule has 1 aliphatic rings. The summed E-state index contributed by atoms with van der Waals surface area (Å²) in [6.07, 6.45) is 0. The van der Waals surface area contributed by atoms with Gasteiger partial charge in [-0.25, -0.2) is 9.18 Å². The molecule has 3 amide bonds. The Kier molecular flexibility index (Phi) is 8.16. The fourth-order valence-electron chi connectivity index (χ4n) is 5.00. The fourth-order valence-corrected chi connectivity index (χ4v) is 5.18. The average molecular weight is 577 g/mol. The molecule has 212 valence electrons. The number of nitrogens with one attached hydrogen (secondary N) is 1. The van der Waals surface area contributed by atoms with Gasteiger partial charge in [0, 0.05) is 49.3 Å². The molecular formula is C31H30ClFN4O4. The first-order chi connectivity index (χ1) is 19.8. The predicted octanol–water partition coefficient (Wildman–Crippen LogP) is 6.25. The highest BCUT2D eigenvalue weighted by Gasteiger charge is 2.28. The van der Waals surface area contributed by atoms with Crippen molar-refractivity contribution in [1.29, 1.82) is 0 Å². The van der Waals surface area contributed by atoms with E-state index in [0.717, 1.165) is 22.6 Å². The van der Waals surface area contributed by atoms with Gasteiger partial charge in [0.05, 0.1) is 30.5 Å². The lowest BCUT2D eigenvalue weighted by molar-refractivity contribution is 0.0671. The SMILES string of the molecule is COc1ccc(-n2c(-c3ccccc3)cc(C(=O)N3CCN(C(=O)Nc4ccc(F)c(Cl)c4)CC3)c2C)cc1OC. The van der Waals surface area contributed by atoms with Crippen LogP contribution >= 0.6 is 11.6 Å². The molecule has 3 aromatic carbocycles. The van der Waals surface area contributed by atoms with Gasteiger partial charge in [0.25, 0.3) is 5.91 Å². The summed E-state index contributed by atoms with van der Waals surface area (Å²) in [5.41, 5.74) is 4.44. The minimum atomic E-state index is -0.553. The van der Waals surface area contributed by atoms with Gasteiger partial charge < -0.3 is 29.2 Å². The number of halogens is 2. The lowest BCUT2D eigenvalue weighted by Gasteiger charge is -2.34. The van der Waals surface area contributed by atoms with E-state index in [9.17, 15) is 14.0 Å². The summed E-state index contributed by atoms with van der Waals surface area (Å²) in [6.45, 7) is 3.38. The van der Waals surface area contributed by atoms with Gasteiger partial charge in [-0.05, 0) is 48.9 Å². The number of hydrogen-bond acceptors (Lipinski definition) is 4.